The monoisotopic (exact) mass is 313 g/mol. The maximum atomic E-state index is 12.7. The molecule has 8 heteroatoms. The maximum Gasteiger partial charge on any atom is 0.346 e. The third kappa shape index (κ3) is 3.45. The fourth-order valence-electron chi connectivity index (χ4n) is 2.43. The fourth-order valence-corrected chi connectivity index (χ4v) is 3.05. The van der Waals surface area contributed by atoms with Crippen molar-refractivity contribution in [2.45, 2.75) is 31.1 Å². The number of hydrogen-bond acceptors (Lipinski definition) is 6. The molecule has 0 radical (unpaired) electrons. The number of H-pyrrole nitrogens is 1. The molecule has 1 aromatic rings. The van der Waals surface area contributed by atoms with E-state index in [-0.39, 0.29) is 24.7 Å². The zero-order valence-corrected chi connectivity index (χ0v) is 13.1. The molecule has 21 heavy (non-hydrogen) atoms. The summed E-state index contributed by atoms with van der Waals surface area (Å²) in [6.07, 6.45) is 1.25. The standard InChI is InChI=1S/C13H19N3O4S/c1-7-4-16(5-9(6-17)20-7)12(18)10-8(2)14-13(19)15-11(10)21-3/h7,9,17H,4-6H2,1-3H3,(H,14,15,19). The second kappa shape index (κ2) is 6.59. The highest BCUT2D eigenvalue weighted by atomic mass is 32.2. The van der Waals surface area contributed by atoms with Gasteiger partial charge in [0.1, 0.15) is 5.03 Å². The van der Waals surface area contributed by atoms with Crippen molar-refractivity contribution in [2.24, 2.45) is 0 Å². The van der Waals surface area contributed by atoms with Crippen LogP contribution in [-0.2, 0) is 4.74 Å². The summed E-state index contributed by atoms with van der Waals surface area (Å²) in [7, 11) is 0. The number of ether oxygens (including phenoxy) is 1. The van der Waals surface area contributed by atoms with Crippen LogP contribution in [0.15, 0.2) is 9.82 Å². The van der Waals surface area contributed by atoms with Gasteiger partial charge in [0.25, 0.3) is 5.91 Å². The van der Waals surface area contributed by atoms with Crippen molar-refractivity contribution >= 4 is 17.7 Å². The number of nitrogens with zero attached hydrogens (tertiary/aromatic N) is 2. The number of aliphatic hydroxyl groups excluding tert-OH is 1. The highest BCUT2D eigenvalue weighted by Gasteiger charge is 2.30. The lowest BCUT2D eigenvalue weighted by Crippen LogP contribution is -2.50. The average molecular weight is 313 g/mol. The van der Waals surface area contributed by atoms with Gasteiger partial charge in [-0.2, -0.15) is 4.98 Å². The fraction of sp³-hybridized carbons (Fsp3) is 0.615. The smallest absolute Gasteiger partial charge is 0.346 e. The predicted molar refractivity (Wildman–Crippen MR) is 78.7 cm³/mol. The number of thioether (sulfide) groups is 1. The summed E-state index contributed by atoms with van der Waals surface area (Å²) in [5, 5.41) is 9.66. The summed E-state index contributed by atoms with van der Waals surface area (Å²) in [5.74, 6) is -0.200. The summed E-state index contributed by atoms with van der Waals surface area (Å²) in [6, 6.07) is 0. The molecule has 1 aliphatic heterocycles. The molecule has 1 aromatic heterocycles. The highest BCUT2D eigenvalue weighted by molar-refractivity contribution is 7.98. The molecule has 1 saturated heterocycles. The zero-order valence-electron chi connectivity index (χ0n) is 12.3. The van der Waals surface area contributed by atoms with Crippen LogP contribution in [0.1, 0.15) is 23.0 Å². The van der Waals surface area contributed by atoms with Gasteiger partial charge in [-0.25, -0.2) is 4.79 Å². The van der Waals surface area contributed by atoms with Crippen LogP contribution in [0.2, 0.25) is 0 Å². The Hall–Kier alpha value is -1.38. The van der Waals surface area contributed by atoms with Gasteiger partial charge in [-0.3, -0.25) is 4.79 Å². The molecule has 2 rings (SSSR count). The summed E-state index contributed by atoms with van der Waals surface area (Å²) < 4.78 is 5.54. The van der Waals surface area contributed by atoms with Gasteiger partial charge in [-0.15, -0.1) is 11.8 Å². The first-order valence-electron chi connectivity index (χ1n) is 6.66. The Morgan fingerprint density at radius 3 is 2.90 bits per heavy atom. The van der Waals surface area contributed by atoms with Crippen molar-refractivity contribution in [1.82, 2.24) is 14.9 Å². The first-order valence-corrected chi connectivity index (χ1v) is 7.89. The first-order chi connectivity index (χ1) is 9.96. The van der Waals surface area contributed by atoms with E-state index in [1.165, 1.54) is 11.8 Å². The van der Waals surface area contributed by atoms with Crippen molar-refractivity contribution in [3.05, 3.63) is 21.7 Å². The molecular weight excluding hydrogens is 294 g/mol. The summed E-state index contributed by atoms with van der Waals surface area (Å²) in [4.78, 5) is 32.2. The zero-order chi connectivity index (χ0) is 15.6. The number of nitrogens with one attached hydrogen (secondary N) is 1. The molecule has 1 aliphatic rings. The number of aryl methyl sites for hydroxylation is 1. The second-order valence-corrected chi connectivity index (χ2v) is 5.81. The minimum Gasteiger partial charge on any atom is -0.394 e. The lowest BCUT2D eigenvalue weighted by Gasteiger charge is -2.36. The Labute approximate surface area is 126 Å². The lowest BCUT2D eigenvalue weighted by molar-refractivity contribution is -0.0859. The van der Waals surface area contributed by atoms with E-state index in [1.807, 2.05) is 6.92 Å². The predicted octanol–water partition coefficient (Wildman–Crippen LogP) is 0.0220. The molecule has 116 valence electrons. The number of amides is 1. The average Bonchev–Trinajstić information content (AvgIpc) is 2.45. The minimum absolute atomic E-state index is 0.133. The van der Waals surface area contributed by atoms with Gasteiger partial charge in [0.05, 0.1) is 24.4 Å². The van der Waals surface area contributed by atoms with Gasteiger partial charge in [-0.05, 0) is 20.1 Å². The normalized spacial score (nSPS) is 22.4. The van der Waals surface area contributed by atoms with Crippen molar-refractivity contribution < 1.29 is 14.6 Å². The van der Waals surface area contributed by atoms with E-state index in [0.717, 1.165) is 0 Å². The van der Waals surface area contributed by atoms with Crippen LogP contribution in [0.25, 0.3) is 0 Å². The third-order valence-electron chi connectivity index (χ3n) is 3.31. The summed E-state index contributed by atoms with van der Waals surface area (Å²) >= 11 is 1.26. The van der Waals surface area contributed by atoms with Crippen LogP contribution >= 0.6 is 11.8 Å². The Morgan fingerprint density at radius 1 is 1.57 bits per heavy atom. The number of morpholine rings is 1. The number of aliphatic hydroxyl groups is 1. The topological polar surface area (TPSA) is 95.5 Å². The van der Waals surface area contributed by atoms with E-state index in [9.17, 15) is 14.7 Å². The molecule has 1 fully saturated rings. The van der Waals surface area contributed by atoms with Crippen LogP contribution in [0.5, 0.6) is 0 Å². The molecule has 0 spiro atoms. The Balaban J connectivity index is 2.33. The van der Waals surface area contributed by atoms with Crippen LogP contribution in [-0.4, -0.2) is 64.0 Å². The largest absolute Gasteiger partial charge is 0.394 e. The van der Waals surface area contributed by atoms with Crippen molar-refractivity contribution in [3.63, 3.8) is 0 Å². The van der Waals surface area contributed by atoms with Gasteiger partial charge in [0.2, 0.25) is 0 Å². The number of hydrogen-bond donors (Lipinski definition) is 2. The number of aromatic nitrogens is 2. The van der Waals surface area contributed by atoms with Crippen LogP contribution in [0.4, 0.5) is 0 Å². The SMILES string of the molecule is CSc1nc(=O)[nH]c(C)c1C(=O)N1CC(C)OC(CO)C1. The van der Waals surface area contributed by atoms with Gasteiger partial charge in [0, 0.05) is 18.8 Å². The third-order valence-corrected chi connectivity index (χ3v) is 3.99. The molecule has 2 unspecified atom stereocenters. The molecule has 7 nitrogen and oxygen atoms in total. The first kappa shape index (κ1) is 16.0. The number of rotatable bonds is 3. The molecule has 0 aromatic carbocycles. The van der Waals surface area contributed by atoms with E-state index in [2.05, 4.69) is 9.97 Å². The molecule has 2 atom stereocenters. The molecular formula is C13H19N3O4S. The van der Waals surface area contributed by atoms with Gasteiger partial charge >= 0.3 is 5.69 Å². The van der Waals surface area contributed by atoms with Crippen LogP contribution < -0.4 is 5.69 Å². The molecule has 0 saturated carbocycles. The van der Waals surface area contributed by atoms with Crippen LogP contribution in [0.3, 0.4) is 0 Å². The van der Waals surface area contributed by atoms with E-state index in [4.69, 9.17) is 4.74 Å². The van der Waals surface area contributed by atoms with Gasteiger partial charge in [0.15, 0.2) is 0 Å². The molecule has 2 N–H and O–H groups in total. The van der Waals surface area contributed by atoms with E-state index < -0.39 is 5.69 Å². The molecule has 0 aliphatic carbocycles. The summed E-state index contributed by atoms with van der Waals surface area (Å²) in [6.45, 7) is 4.18. The van der Waals surface area contributed by atoms with Crippen molar-refractivity contribution in [3.8, 4) is 0 Å². The Kier molecular flexibility index (Phi) is 5.02. The minimum atomic E-state index is -0.461. The van der Waals surface area contributed by atoms with E-state index in [1.54, 1.807) is 18.1 Å². The van der Waals surface area contributed by atoms with Crippen molar-refractivity contribution in [1.29, 1.82) is 0 Å². The summed E-state index contributed by atoms with van der Waals surface area (Å²) in [5.41, 5.74) is 0.453. The van der Waals surface area contributed by atoms with E-state index >= 15 is 0 Å². The Bertz CT molecular complexity index is 589. The molecule has 2 heterocycles. The second-order valence-electron chi connectivity index (χ2n) is 5.01. The van der Waals surface area contributed by atoms with Gasteiger partial charge < -0.3 is 19.7 Å². The quantitative estimate of drug-likeness (QED) is 0.603. The molecule has 1 amide bonds. The number of carbonyl (C=O) groups is 1. The lowest BCUT2D eigenvalue weighted by atomic mass is 10.1. The van der Waals surface area contributed by atoms with E-state index in [0.29, 0.717) is 29.4 Å². The highest BCUT2D eigenvalue weighted by Crippen LogP contribution is 2.22. The van der Waals surface area contributed by atoms with Gasteiger partial charge in [-0.1, -0.05) is 0 Å². The van der Waals surface area contributed by atoms with Crippen LogP contribution in [0, 0.1) is 6.92 Å². The number of carbonyl (C=O) groups excluding carboxylic acids is 1. The van der Waals surface area contributed by atoms with Crippen molar-refractivity contribution in [2.75, 3.05) is 26.0 Å². The molecule has 0 bridgehead atoms. The maximum absolute atomic E-state index is 12.7. The Morgan fingerprint density at radius 2 is 2.29 bits per heavy atom. The number of aromatic amines is 1.